The molecule has 2 amide bonds. The number of hydrogen-bond donors (Lipinski definition) is 1. The first-order chi connectivity index (χ1) is 12.5. The van der Waals surface area contributed by atoms with Gasteiger partial charge in [0.2, 0.25) is 5.91 Å². The topological polar surface area (TPSA) is 88.6 Å². The summed E-state index contributed by atoms with van der Waals surface area (Å²) < 4.78 is 10.6. The molecule has 7 nitrogen and oxygen atoms in total. The minimum atomic E-state index is -0.0846. The summed E-state index contributed by atoms with van der Waals surface area (Å²) in [6, 6.07) is 3.75. The average molecular weight is 359 g/mol. The van der Waals surface area contributed by atoms with Crippen LogP contribution >= 0.6 is 0 Å². The number of nitrogens with zero attached hydrogens (tertiary/aromatic N) is 2. The van der Waals surface area contributed by atoms with E-state index < -0.39 is 0 Å². The zero-order valence-corrected chi connectivity index (χ0v) is 15.3. The molecule has 0 unspecified atom stereocenters. The van der Waals surface area contributed by atoms with Crippen molar-refractivity contribution in [1.82, 2.24) is 15.2 Å². The minimum Gasteiger partial charge on any atom is -0.465 e. The zero-order chi connectivity index (χ0) is 18.5. The maximum Gasteiger partial charge on any atom is 0.276 e. The van der Waals surface area contributed by atoms with E-state index in [1.807, 2.05) is 24.0 Å². The second-order valence-electron chi connectivity index (χ2n) is 6.84. The van der Waals surface area contributed by atoms with Crippen LogP contribution in [0.2, 0.25) is 0 Å². The van der Waals surface area contributed by atoms with Crippen molar-refractivity contribution < 1.29 is 18.4 Å². The summed E-state index contributed by atoms with van der Waals surface area (Å²) >= 11 is 0. The summed E-state index contributed by atoms with van der Waals surface area (Å²) in [7, 11) is 0. The lowest BCUT2D eigenvalue weighted by Gasteiger charge is -2.32. The van der Waals surface area contributed by atoms with Gasteiger partial charge in [-0.3, -0.25) is 9.59 Å². The van der Waals surface area contributed by atoms with E-state index in [1.54, 1.807) is 6.92 Å². The third-order valence-corrected chi connectivity index (χ3v) is 4.79. The third-order valence-electron chi connectivity index (χ3n) is 4.79. The molecule has 1 aliphatic rings. The molecule has 1 aliphatic heterocycles. The number of aryl methyl sites for hydroxylation is 2. The van der Waals surface area contributed by atoms with E-state index in [2.05, 4.69) is 10.3 Å². The number of rotatable bonds is 6. The van der Waals surface area contributed by atoms with Crippen LogP contribution in [0.3, 0.4) is 0 Å². The summed E-state index contributed by atoms with van der Waals surface area (Å²) in [5.74, 6) is 2.39. The number of hydrogen-bond acceptors (Lipinski definition) is 5. The Bertz CT molecular complexity index is 764. The second-order valence-corrected chi connectivity index (χ2v) is 6.84. The average Bonchev–Trinajstić information content (AvgIpc) is 3.26. The summed E-state index contributed by atoms with van der Waals surface area (Å²) in [6.07, 6.45) is 4.50. The normalized spacial score (nSPS) is 17.3. The maximum atomic E-state index is 12.5. The van der Waals surface area contributed by atoms with Gasteiger partial charge in [-0.2, -0.15) is 0 Å². The van der Waals surface area contributed by atoms with E-state index in [0.717, 1.165) is 37.3 Å². The smallest absolute Gasteiger partial charge is 0.276 e. The molecule has 1 fully saturated rings. The molecule has 7 heteroatoms. The Balaban J connectivity index is 1.44. The number of oxazole rings is 1. The van der Waals surface area contributed by atoms with Gasteiger partial charge in [0.05, 0.1) is 6.54 Å². The van der Waals surface area contributed by atoms with Crippen LogP contribution in [-0.4, -0.2) is 34.8 Å². The van der Waals surface area contributed by atoms with Crippen molar-refractivity contribution in [1.29, 1.82) is 0 Å². The SMILES string of the molecule is Cc1ccc(CNC(=O)CC[C@H]2CCCN(C(=O)c3ncoc3C)C2)o1. The van der Waals surface area contributed by atoms with E-state index in [4.69, 9.17) is 8.83 Å². The van der Waals surface area contributed by atoms with E-state index in [9.17, 15) is 9.59 Å². The molecule has 3 rings (SSSR count). The number of piperidine rings is 1. The highest BCUT2D eigenvalue weighted by Crippen LogP contribution is 2.23. The number of carbonyl (C=O) groups is 2. The molecule has 0 spiro atoms. The van der Waals surface area contributed by atoms with E-state index in [1.165, 1.54) is 6.39 Å². The van der Waals surface area contributed by atoms with Crippen LogP contribution in [0, 0.1) is 19.8 Å². The van der Waals surface area contributed by atoms with Crippen molar-refractivity contribution in [3.8, 4) is 0 Å². The highest BCUT2D eigenvalue weighted by Gasteiger charge is 2.27. The first kappa shape index (κ1) is 18.2. The van der Waals surface area contributed by atoms with Crippen molar-refractivity contribution >= 4 is 11.8 Å². The van der Waals surface area contributed by atoms with E-state index >= 15 is 0 Å². The predicted octanol–water partition coefficient (Wildman–Crippen LogP) is 2.83. The fourth-order valence-corrected chi connectivity index (χ4v) is 3.33. The number of nitrogens with one attached hydrogen (secondary N) is 1. The Morgan fingerprint density at radius 1 is 1.35 bits per heavy atom. The summed E-state index contributed by atoms with van der Waals surface area (Å²) in [6.45, 7) is 5.42. The van der Waals surface area contributed by atoms with Crippen molar-refractivity contribution in [2.45, 2.75) is 46.1 Å². The van der Waals surface area contributed by atoms with Crippen LogP contribution in [0.15, 0.2) is 27.4 Å². The van der Waals surface area contributed by atoms with E-state index in [-0.39, 0.29) is 11.8 Å². The Morgan fingerprint density at radius 2 is 2.19 bits per heavy atom. The molecule has 0 aromatic carbocycles. The Kier molecular flexibility index (Phi) is 5.75. The second kappa shape index (κ2) is 8.21. The van der Waals surface area contributed by atoms with Gasteiger partial charge in [-0.25, -0.2) is 4.98 Å². The molecule has 0 aliphatic carbocycles. The van der Waals surface area contributed by atoms with Gasteiger partial charge >= 0.3 is 0 Å². The first-order valence-electron chi connectivity index (χ1n) is 9.04. The zero-order valence-electron chi connectivity index (χ0n) is 15.3. The molecule has 1 saturated heterocycles. The van der Waals surface area contributed by atoms with Crippen molar-refractivity contribution in [3.63, 3.8) is 0 Å². The number of carbonyl (C=O) groups excluding carboxylic acids is 2. The fourth-order valence-electron chi connectivity index (χ4n) is 3.33. The molecule has 0 radical (unpaired) electrons. The van der Waals surface area contributed by atoms with Crippen LogP contribution in [0.1, 0.15) is 53.5 Å². The standard InChI is InChI=1S/C19H25N3O4/c1-13-5-7-16(26-13)10-20-17(23)8-6-15-4-3-9-22(11-15)19(24)18-14(2)25-12-21-18/h5,7,12,15H,3-4,6,8-11H2,1-2H3,(H,20,23)/t15-/m1/s1. The first-order valence-corrected chi connectivity index (χ1v) is 9.04. The number of likely N-dealkylation sites (tertiary alicyclic amines) is 1. The Morgan fingerprint density at radius 3 is 2.88 bits per heavy atom. The number of aromatic nitrogens is 1. The lowest BCUT2D eigenvalue weighted by molar-refractivity contribution is -0.121. The maximum absolute atomic E-state index is 12.5. The minimum absolute atomic E-state index is 0.00912. The number of furan rings is 1. The largest absolute Gasteiger partial charge is 0.465 e. The van der Waals surface area contributed by atoms with Gasteiger partial charge in [0.25, 0.3) is 5.91 Å². The number of amides is 2. The fraction of sp³-hybridized carbons (Fsp3) is 0.526. The van der Waals surface area contributed by atoms with Crippen molar-refractivity contribution in [3.05, 3.63) is 41.5 Å². The quantitative estimate of drug-likeness (QED) is 0.857. The van der Waals surface area contributed by atoms with Crippen LogP contribution in [-0.2, 0) is 11.3 Å². The molecule has 1 atom stereocenters. The Labute approximate surface area is 152 Å². The molecular formula is C19H25N3O4. The molecule has 0 bridgehead atoms. The molecule has 0 saturated carbocycles. The highest BCUT2D eigenvalue weighted by molar-refractivity contribution is 5.93. The van der Waals surface area contributed by atoms with Gasteiger partial charge in [-0.05, 0) is 51.2 Å². The molecule has 140 valence electrons. The van der Waals surface area contributed by atoms with E-state index in [0.29, 0.717) is 36.9 Å². The molecule has 2 aromatic heterocycles. The van der Waals surface area contributed by atoms with Gasteiger partial charge in [0, 0.05) is 19.5 Å². The summed E-state index contributed by atoms with van der Waals surface area (Å²) in [5.41, 5.74) is 0.386. The molecule has 3 heterocycles. The lowest BCUT2D eigenvalue weighted by atomic mass is 9.93. The summed E-state index contributed by atoms with van der Waals surface area (Å²) in [5, 5.41) is 2.88. The molecule has 2 aromatic rings. The van der Waals surface area contributed by atoms with Crippen LogP contribution in [0.5, 0.6) is 0 Å². The summed E-state index contributed by atoms with van der Waals surface area (Å²) in [4.78, 5) is 30.4. The molecule has 1 N–H and O–H groups in total. The van der Waals surface area contributed by atoms with Crippen LogP contribution in [0.25, 0.3) is 0 Å². The molecule has 26 heavy (non-hydrogen) atoms. The lowest BCUT2D eigenvalue weighted by Crippen LogP contribution is -2.40. The highest BCUT2D eigenvalue weighted by atomic mass is 16.3. The predicted molar refractivity (Wildman–Crippen MR) is 94.4 cm³/mol. The van der Waals surface area contributed by atoms with Crippen molar-refractivity contribution in [2.75, 3.05) is 13.1 Å². The monoisotopic (exact) mass is 359 g/mol. The van der Waals surface area contributed by atoms with Crippen LogP contribution in [0.4, 0.5) is 0 Å². The van der Waals surface area contributed by atoms with Gasteiger partial charge in [-0.15, -0.1) is 0 Å². The van der Waals surface area contributed by atoms with Gasteiger partial charge in [0.1, 0.15) is 17.3 Å². The van der Waals surface area contributed by atoms with Crippen LogP contribution < -0.4 is 5.32 Å². The Hall–Kier alpha value is -2.57. The van der Waals surface area contributed by atoms with Crippen molar-refractivity contribution in [2.24, 2.45) is 5.92 Å². The van der Waals surface area contributed by atoms with Gasteiger partial charge < -0.3 is 19.1 Å². The van der Waals surface area contributed by atoms with Gasteiger partial charge in [-0.1, -0.05) is 0 Å². The third kappa shape index (κ3) is 4.53. The van der Waals surface area contributed by atoms with Gasteiger partial charge in [0.15, 0.2) is 12.1 Å². The molecular weight excluding hydrogens is 334 g/mol.